The van der Waals surface area contributed by atoms with Gasteiger partial charge in [-0.05, 0) is 43.7 Å². The van der Waals surface area contributed by atoms with E-state index in [1.54, 1.807) is 0 Å². The van der Waals surface area contributed by atoms with Gasteiger partial charge in [0.2, 0.25) is 7.29 Å². The molecule has 1 N–H and O–H groups in total. The van der Waals surface area contributed by atoms with Crippen LogP contribution in [0.3, 0.4) is 0 Å². The molecular formula is C24H24NO2P. The maximum absolute atomic E-state index is 14.3. The van der Waals surface area contributed by atoms with Crippen LogP contribution in [0.1, 0.15) is 24.1 Å². The SMILES string of the molecule is C=C(C(C)=O)C(NP(=O)(c1ccccc1)c1ccccc1)c1ccc(C)cc1. The van der Waals surface area contributed by atoms with Crippen LogP contribution in [-0.4, -0.2) is 5.78 Å². The Bertz CT molecular complexity index is 968. The van der Waals surface area contributed by atoms with Crippen LogP contribution in [0.4, 0.5) is 0 Å². The average molecular weight is 389 g/mol. The van der Waals surface area contributed by atoms with Crippen LogP contribution < -0.4 is 15.7 Å². The number of aryl methyl sites for hydroxylation is 1. The molecule has 1 unspecified atom stereocenters. The van der Waals surface area contributed by atoms with Gasteiger partial charge in [0.1, 0.15) is 0 Å². The Morgan fingerprint density at radius 1 is 0.857 bits per heavy atom. The predicted octanol–water partition coefficient (Wildman–Crippen LogP) is 4.70. The molecule has 4 heteroatoms. The zero-order valence-electron chi connectivity index (χ0n) is 16.1. The summed E-state index contributed by atoms with van der Waals surface area (Å²) in [5.74, 6) is -0.134. The Hall–Kier alpha value is -2.74. The highest BCUT2D eigenvalue weighted by atomic mass is 31.2. The highest BCUT2D eigenvalue weighted by Crippen LogP contribution is 2.43. The molecule has 0 spiro atoms. The molecule has 1 atom stereocenters. The van der Waals surface area contributed by atoms with Crippen LogP contribution in [0.25, 0.3) is 0 Å². The molecule has 0 aromatic heterocycles. The molecule has 0 heterocycles. The van der Waals surface area contributed by atoms with E-state index in [4.69, 9.17) is 0 Å². The van der Waals surface area contributed by atoms with Gasteiger partial charge in [0, 0.05) is 16.2 Å². The molecule has 0 fully saturated rings. The van der Waals surface area contributed by atoms with Crippen molar-refractivity contribution in [2.75, 3.05) is 0 Å². The molecule has 0 saturated carbocycles. The van der Waals surface area contributed by atoms with Gasteiger partial charge in [-0.25, -0.2) is 5.09 Å². The lowest BCUT2D eigenvalue weighted by molar-refractivity contribution is -0.113. The Balaban J connectivity index is 2.13. The summed E-state index contributed by atoms with van der Waals surface area (Å²) in [5, 5.41) is 4.69. The van der Waals surface area contributed by atoms with Crippen LogP contribution in [0.2, 0.25) is 0 Å². The number of carbonyl (C=O) groups excluding carboxylic acids is 1. The zero-order chi connectivity index (χ0) is 20.1. The number of carbonyl (C=O) groups is 1. The summed E-state index contributed by atoms with van der Waals surface area (Å²) in [7, 11) is -3.21. The van der Waals surface area contributed by atoms with E-state index in [9.17, 15) is 9.36 Å². The van der Waals surface area contributed by atoms with Gasteiger partial charge in [0.25, 0.3) is 0 Å². The molecule has 0 aliphatic rings. The first-order valence-corrected chi connectivity index (χ1v) is 10.9. The summed E-state index contributed by atoms with van der Waals surface area (Å²) in [4.78, 5) is 12.2. The van der Waals surface area contributed by atoms with Crippen molar-refractivity contribution < 1.29 is 9.36 Å². The van der Waals surface area contributed by atoms with E-state index in [0.29, 0.717) is 16.2 Å². The fourth-order valence-corrected chi connectivity index (χ4v) is 5.52. The van der Waals surface area contributed by atoms with Crippen molar-refractivity contribution in [2.45, 2.75) is 19.9 Å². The van der Waals surface area contributed by atoms with Crippen LogP contribution >= 0.6 is 7.29 Å². The van der Waals surface area contributed by atoms with E-state index in [0.717, 1.165) is 11.1 Å². The summed E-state index contributed by atoms with van der Waals surface area (Å²) < 4.78 is 14.3. The minimum Gasteiger partial charge on any atom is -0.296 e. The highest BCUT2D eigenvalue weighted by molar-refractivity contribution is 7.76. The number of rotatable bonds is 7. The fourth-order valence-electron chi connectivity index (χ4n) is 3.07. The number of nitrogens with one attached hydrogen (secondary N) is 1. The van der Waals surface area contributed by atoms with Crippen LogP contribution in [-0.2, 0) is 9.36 Å². The van der Waals surface area contributed by atoms with E-state index in [2.05, 4.69) is 11.7 Å². The van der Waals surface area contributed by atoms with Gasteiger partial charge in [-0.1, -0.05) is 72.8 Å². The van der Waals surface area contributed by atoms with E-state index >= 15 is 0 Å². The first-order chi connectivity index (χ1) is 13.4. The van der Waals surface area contributed by atoms with Gasteiger partial charge in [-0.15, -0.1) is 0 Å². The third kappa shape index (κ3) is 4.22. The van der Waals surface area contributed by atoms with Gasteiger partial charge >= 0.3 is 0 Å². The molecule has 28 heavy (non-hydrogen) atoms. The number of hydrogen-bond donors (Lipinski definition) is 1. The summed E-state index contributed by atoms with van der Waals surface area (Å²) in [6.07, 6.45) is 0. The monoisotopic (exact) mass is 389 g/mol. The van der Waals surface area contributed by atoms with E-state index in [1.807, 2.05) is 91.9 Å². The van der Waals surface area contributed by atoms with E-state index in [1.165, 1.54) is 6.92 Å². The normalized spacial score (nSPS) is 12.4. The van der Waals surface area contributed by atoms with Crippen LogP contribution in [0.5, 0.6) is 0 Å². The van der Waals surface area contributed by atoms with Gasteiger partial charge in [0.15, 0.2) is 5.78 Å². The molecule has 3 rings (SSSR count). The second-order valence-corrected chi connectivity index (χ2v) is 9.34. The highest BCUT2D eigenvalue weighted by Gasteiger charge is 2.32. The molecule has 3 nitrogen and oxygen atoms in total. The van der Waals surface area contributed by atoms with Crippen molar-refractivity contribution >= 4 is 23.7 Å². The molecule has 3 aromatic rings. The first kappa shape index (κ1) is 20.0. The van der Waals surface area contributed by atoms with Crippen molar-refractivity contribution in [3.05, 3.63) is 108 Å². The number of ketones is 1. The van der Waals surface area contributed by atoms with Gasteiger partial charge in [-0.3, -0.25) is 9.36 Å². The number of benzene rings is 3. The second kappa shape index (κ2) is 8.52. The quantitative estimate of drug-likeness (QED) is 0.471. The summed E-state index contributed by atoms with van der Waals surface area (Å²) in [5.41, 5.74) is 2.36. The molecule has 0 radical (unpaired) electrons. The maximum atomic E-state index is 14.3. The minimum atomic E-state index is -3.21. The summed E-state index contributed by atoms with van der Waals surface area (Å²) >= 11 is 0. The largest absolute Gasteiger partial charge is 0.296 e. The smallest absolute Gasteiger partial charge is 0.205 e. The average Bonchev–Trinajstić information content (AvgIpc) is 2.73. The van der Waals surface area contributed by atoms with E-state index in [-0.39, 0.29) is 5.78 Å². The fraction of sp³-hybridized carbons (Fsp3) is 0.125. The summed E-state index contributed by atoms with van der Waals surface area (Å²) in [6, 6.07) is 26.0. The standard InChI is InChI=1S/C24H24NO2P/c1-18-14-16-21(17-15-18)24(19(2)20(3)26)25-28(27,22-10-6-4-7-11-22)23-12-8-5-9-13-23/h4-17,24H,2H2,1,3H3,(H,25,27). The third-order valence-electron chi connectivity index (χ3n) is 4.76. The van der Waals surface area contributed by atoms with Crippen molar-refractivity contribution in [3.63, 3.8) is 0 Å². The summed E-state index contributed by atoms with van der Waals surface area (Å²) in [6.45, 7) is 7.48. The predicted molar refractivity (Wildman–Crippen MR) is 117 cm³/mol. The molecule has 0 aliphatic heterocycles. The van der Waals surface area contributed by atoms with Crippen LogP contribution in [0.15, 0.2) is 97.1 Å². The lowest BCUT2D eigenvalue weighted by atomic mass is 9.97. The lowest BCUT2D eigenvalue weighted by Crippen LogP contribution is -2.32. The topological polar surface area (TPSA) is 46.2 Å². The second-order valence-electron chi connectivity index (χ2n) is 6.83. The molecule has 0 aliphatic carbocycles. The Labute approximate surface area is 166 Å². The first-order valence-electron chi connectivity index (χ1n) is 9.17. The van der Waals surface area contributed by atoms with Crippen molar-refractivity contribution in [1.29, 1.82) is 0 Å². The van der Waals surface area contributed by atoms with Crippen molar-refractivity contribution in [3.8, 4) is 0 Å². The van der Waals surface area contributed by atoms with Crippen molar-refractivity contribution in [1.82, 2.24) is 5.09 Å². The number of Topliss-reactive ketones (excluding diaryl/α,β-unsaturated/α-hetero) is 1. The number of hydrogen-bond acceptors (Lipinski definition) is 2. The molecule has 142 valence electrons. The minimum absolute atomic E-state index is 0.134. The lowest BCUT2D eigenvalue weighted by Gasteiger charge is -2.28. The maximum Gasteiger partial charge on any atom is 0.205 e. The van der Waals surface area contributed by atoms with Gasteiger partial charge < -0.3 is 0 Å². The Morgan fingerprint density at radius 3 is 1.75 bits per heavy atom. The Morgan fingerprint density at radius 2 is 1.32 bits per heavy atom. The molecule has 3 aromatic carbocycles. The zero-order valence-corrected chi connectivity index (χ0v) is 17.0. The molecule has 0 saturated heterocycles. The van der Waals surface area contributed by atoms with E-state index < -0.39 is 13.3 Å². The third-order valence-corrected chi connectivity index (χ3v) is 7.43. The van der Waals surface area contributed by atoms with Gasteiger partial charge in [0.05, 0.1) is 6.04 Å². The Kier molecular flexibility index (Phi) is 6.08. The van der Waals surface area contributed by atoms with Crippen LogP contribution in [0, 0.1) is 6.92 Å². The van der Waals surface area contributed by atoms with Gasteiger partial charge in [-0.2, -0.15) is 0 Å². The molecule has 0 bridgehead atoms. The molecule has 0 amide bonds. The van der Waals surface area contributed by atoms with Crippen molar-refractivity contribution in [2.24, 2.45) is 0 Å². The molecular weight excluding hydrogens is 365 g/mol.